The summed E-state index contributed by atoms with van der Waals surface area (Å²) in [7, 11) is 0. The second-order valence-electron chi connectivity index (χ2n) is 4.99. The van der Waals surface area contributed by atoms with Crippen molar-refractivity contribution in [2.24, 2.45) is 0 Å². The van der Waals surface area contributed by atoms with Crippen LogP contribution >= 0.6 is 45.8 Å². The molecule has 1 atom stereocenters. The molecule has 2 aromatic carbocycles. The van der Waals surface area contributed by atoms with Crippen molar-refractivity contribution >= 4 is 45.8 Å². The van der Waals surface area contributed by atoms with Crippen LogP contribution in [0.2, 0.25) is 10.0 Å². The highest BCUT2D eigenvalue weighted by Crippen LogP contribution is 2.26. The maximum atomic E-state index is 6.28. The number of rotatable bonds is 6. The predicted octanol–water partition coefficient (Wildman–Crippen LogP) is 5.36. The minimum atomic E-state index is 0.326. The third-order valence-electron chi connectivity index (χ3n) is 3.40. The quantitative estimate of drug-likeness (QED) is 0.604. The van der Waals surface area contributed by atoms with Gasteiger partial charge in [0.25, 0.3) is 0 Å². The Kier molecular flexibility index (Phi) is 6.80. The Labute approximate surface area is 150 Å². The highest BCUT2D eigenvalue weighted by atomic mass is 127. The molecule has 0 saturated carbocycles. The molecular weight excluding hydrogens is 416 g/mol. The average Bonchev–Trinajstić information content (AvgIpc) is 2.45. The Bertz CT molecular complexity index is 564. The molecule has 0 aliphatic heterocycles. The summed E-state index contributed by atoms with van der Waals surface area (Å²) in [5.41, 5.74) is 2.35. The second kappa shape index (κ2) is 8.37. The average molecular weight is 434 g/mol. The fraction of sp³-hybridized carbons (Fsp3) is 0.294. The van der Waals surface area contributed by atoms with E-state index >= 15 is 0 Å². The topological polar surface area (TPSA) is 12.0 Å². The summed E-state index contributed by atoms with van der Waals surface area (Å²) >= 11 is 14.9. The highest BCUT2D eigenvalue weighted by Gasteiger charge is 2.14. The van der Waals surface area contributed by atoms with E-state index in [1.54, 1.807) is 0 Å². The van der Waals surface area contributed by atoms with Crippen LogP contribution in [0.25, 0.3) is 0 Å². The van der Waals surface area contributed by atoms with Crippen molar-refractivity contribution in [2.75, 3.05) is 6.54 Å². The molecule has 0 radical (unpaired) electrons. The molecule has 21 heavy (non-hydrogen) atoms. The molecule has 0 amide bonds. The smallest absolute Gasteiger partial charge is 0.0453 e. The van der Waals surface area contributed by atoms with Crippen molar-refractivity contribution in [3.05, 3.63) is 67.2 Å². The SMILES string of the molecule is CCNC(Cc1ccc(I)cc1)Cc1c(Cl)cccc1Cl. The largest absolute Gasteiger partial charge is 0.314 e. The number of likely N-dealkylation sites (N-methyl/N-ethyl adjacent to an activating group) is 1. The van der Waals surface area contributed by atoms with Gasteiger partial charge in [-0.2, -0.15) is 0 Å². The van der Waals surface area contributed by atoms with Gasteiger partial charge in [-0.25, -0.2) is 0 Å². The second-order valence-corrected chi connectivity index (χ2v) is 7.05. The lowest BCUT2D eigenvalue weighted by Gasteiger charge is -2.19. The van der Waals surface area contributed by atoms with Gasteiger partial charge in [-0.15, -0.1) is 0 Å². The first kappa shape index (κ1) is 17.1. The molecule has 2 rings (SSSR count). The van der Waals surface area contributed by atoms with Crippen molar-refractivity contribution in [3.63, 3.8) is 0 Å². The van der Waals surface area contributed by atoms with Crippen molar-refractivity contribution in [3.8, 4) is 0 Å². The minimum Gasteiger partial charge on any atom is -0.314 e. The summed E-state index contributed by atoms with van der Waals surface area (Å²) in [6, 6.07) is 14.7. The van der Waals surface area contributed by atoms with Gasteiger partial charge < -0.3 is 5.32 Å². The monoisotopic (exact) mass is 433 g/mol. The first-order valence-electron chi connectivity index (χ1n) is 7.01. The van der Waals surface area contributed by atoms with Crippen LogP contribution in [-0.2, 0) is 12.8 Å². The molecule has 0 bridgehead atoms. The van der Waals surface area contributed by atoms with Crippen LogP contribution in [-0.4, -0.2) is 12.6 Å². The summed E-state index contributed by atoms with van der Waals surface area (Å²) in [5, 5.41) is 5.02. The van der Waals surface area contributed by atoms with E-state index < -0.39 is 0 Å². The molecule has 0 aromatic heterocycles. The van der Waals surface area contributed by atoms with E-state index in [9.17, 15) is 0 Å². The van der Waals surface area contributed by atoms with E-state index in [4.69, 9.17) is 23.2 Å². The maximum Gasteiger partial charge on any atom is 0.0453 e. The van der Waals surface area contributed by atoms with Crippen molar-refractivity contribution < 1.29 is 0 Å². The zero-order valence-corrected chi connectivity index (χ0v) is 15.5. The molecule has 4 heteroatoms. The van der Waals surface area contributed by atoms with Crippen LogP contribution in [0.3, 0.4) is 0 Å². The summed E-state index contributed by atoms with van der Waals surface area (Å²) in [6.07, 6.45) is 1.80. The maximum absolute atomic E-state index is 6.28. The van der Waals surface area contributed by atoms with Crippen LogP contribution in [0.1, 0.15) is 18.1 Å². The molecule has 2 aromatic rings. The van der Waals surface area contributed by atoms with E-state index in [2.05, 4.69) is 59.1 Å². The summed E-state index contributed by atoms with van der Waals surface area (Å²) in [4.78, 5) is 0. The number of benzene rings is 2. The first-order chi connectivity index (χ1) is 10.1. The third kappa shape index (κ3) is 5.13. The molecule has 112 valence electrons. The summed E-state index contributed by atoms with van der Waals surface area (Å²) < 4.78 is 1.26. The number of nitrogens with one attached hydrogen (secondary N) is 1. The van der Waals surface area contributed by atoms with E-state index in [0.717, 1.165) is 35.0 Å². The summed E-state index contributed by atoms with van der Waals surface area (Å²) in [5.74, 6) is 0. The van der Waals surface area contributed by atoms with Crippen LogP contribution in [0.4, 0.5) is 0 Å². The Morgan fingerprint density at radius 1 is 1.00 bits per heavy atom. The van der Waals surface area contributed by atoms with Gasteiger partial charge >= 0.3 is 0 Å². The zero-order chi connectivity index (χ0) is 15.2. The highest BCUT2D eigenvalue weighted by molar-refractivity contribution is 14.1. The lowest BCUT2D eigenvalue weighted by atomic mass is 9.99. The number of hydrogen-bond donors (Lipinski definition) is 1. The number of hydrogen-bond acceptors (Lipinski definition) is 1. The standard InChI is InChI=1S/C17H18Cl2IN/c1-2-21-14(10-12-6-8-13(20)9-7-12)11-15-16(18)4-3-5-17(15)19/h3-9,14,21H,2,10-11H2,1H3. The van der Waals surface area contributed by atoms with Crippen LogP contribution < -0.4 is 5.32 Å². The van der Waals surface area contributed by atoms with Crippen molar-refractivity contribution in [2.45, 2.75) is 25.8 Å². The van der Waals surface area contributed by atoms with Gasteiger partial charge in [0.2, 0.25) is 0 Å². The first-order valence-corrected chi connectivity index (χ1v) is 8.84. The fourth-order valence-corrected chi connectivity index (χ4v) is 3.30. The molecule has 0 saturated heterocycles. The van der Waals surface area contributed by atoms with Gasteiger partial charge in [0.05, 0.1) is 0 Å². The van der Waals surface area contributed by atoms with Crippen molar-refractivity contribution in [1.29, 1.82) is 0 Å². The Hall–Kier alpha value is -0.290. The van der Waals surface area contributed by atoms with Gasteiger partial charge in [-0.1, -0.05) is 48.3 Å². The van der Waals surface area contributed by atoms with Crippen LogP contribution in [0.15, 0.2) is 42.5 Å². The zero-order valence-electron chi connectivity index (χ0n) is 11.9. The minimum absolute atomic E-state index is 0.326. The Balaban J connectivity index is 2.13. The molecule has 1 N–H and O–H groups in total. The van der Waals surface area contributed by atoms with E-state index in [1.807, 2.05) is 18.2 Å². The third-order valence-corrected chi connectivity index (χ3v) is 4.83. The van der Waals surface area contributed by atoms with Gasteiger partial charge in [0.1, 0.15) is 0 Å². The molecule has 1 unspecified atom stereocenters. The lowest BCUT2D eigenvalue weighted by molar-refractivity contribution is 0.521. The Morgan fingerprint density at radius 2 is 1.62 bits per heavy atom. The Morgan fingerprint density at radius 3 is 2.19 bits per heavy atom. The molecular formula is C17H18Cl2IN. The lowest BCUT2D eigenvalue weighted by Crippen LogP contribution is -2.33. The van der Waals surface area contributed by atoms with E-state index in [-0.39, 0.29) is 0 Å². The van der Waals surface area contributed by atoms with Crippen molar-refractivity contribution in [1.82, 2.24) is 5.32 Å². The van der Waals surface area contributed by atoms with Gasteiger partial charge in [0.15, 0.2) is 0 Å². The normalized spacial score (nSPS) is 12.4. The molecule has 0 spiro atoms. The molecule has 0 aliphatic carbocycles. The van der Waals surface area contributed by atoms with Crippen LogP contribution in [0, 0.1) is 3.57 Å². The molecule has 0 aliphatic rings. The molecule has 1 nitrogen and oxygen atoms in total. The van der Waals surface area contributed by atoms with Gasteiger partial charge in [-0.05, 0) is 77.4 Å². The van der Waals surface area contributed by atoms with E-state index in [0.29, 0.717) is 6.04 Å². The molecule has 0 heterocycles. The van der Waals surface area contributed by atoms with Crippen LogP contribution in [0.5, 0.6) is 0 Å². The number of halogens is 3. The van der Waals surface area contributed by atoms with Gasteiger partial charge in [-0.3, -0.25) is 0 Å². The predicted molar refractivity (Wildman–Crippen MR) is 100 cm³/mol. The fourth-order valence-electron chi connectivity index (χ4n) is 2.38. The van der Waals surface area contributed by atoms with Gasteiger partial charge in [0, 0.05) is 19.7 Å². The van der Waals surface area contributed by atoms with E-state index in [1.165, 1.54) is 9.13 Å². The summed E-state index contributed by atoms with van der Waals surface area (Å²) in [6.45, 7) is 3.05. The molecule has 0 fully saturated rings.